The van der Waals surface area contributed by atoms with Crippen LogP contribution in [0.5, 0.6) is 0 Å². The minimum Gasteiger partial charge on any atom is -0.302 e. The fraction of sp³-hybridized carbons (Fsp3) is 1.00. The van der Waals surface area contributed by atoms with Crippen molar-refractivity contribution in [2.75, 3.05) is 33.2 Å². The first-order chi connectivity index (χ1) is 6.86. The van der Waals surface area contributed by atoms with Crippen molar-refractivity contribution >= 4 is 0 Å². The van der Waals surface area contributed by atoms with Crippen LogP contribution in [0.1, 0.15) is 38.5 Å². The predicted molar refractivity (Wildman–Crippen MR) is 60.6 cm³/mol. The summed E-state index contributed by atoms with van der Waals surface area (Å²) in [7, 11) is 2.29. The van der Waals surface area contributed by atoms with Gasteiger partial charge in [0.1, 0.15) is 0 Å². The van der Waals surface area contributed by atoms with Gasteiger partial charge in [-0.2, -0.15) is 0 Å². The monoisotopic (exact) mass is 196 g/mol. The molecule has 2 aliphatic rings. The highest BCUT2D eigenvalue weighted by molar-refractivity contribution is 4.80. The van der Waals surface area contributed by atoms with Crippen LogP contribution in [0.2, 0.25) is 0 Å². The van der Waals surface area contributed by atoms with Crippen LogP contribution in [0.25, 0.3) is 0 Å². The summed E-state index contributed by atoms with van der Waals surface area (Å²) in [4.78, 5) is 5.24. The normalized spacial score (nSPS) is 31.9. The van der Waals surface area contributed by atoms with E-state index >= 15 is 0 Å². The molecule has 14 heavy (non-hydrogen) atoms. The predicted octanol–water partition coefficient (Wildman–Crippen LogP) is 1.96. The van der Waals surface area contributed by atoms with Crippen molar-refractivity contribution in [1.82, 2.24) is 9.80 Å². The Hall–Kier alpha value is -0.0800. The zero-order valence-electron chi connectivity index (χ0n) is 9.54. The highest BCUT2D eigenvalue weighted by Crippen LogP contribution is 2.18. The van der Waals surface area contributed by atoms with Crippen LogP contribution in [0.3, 0.4) is 0 Å². The molecule has 0 saturated carbocycles. The molecule has 0 aromatic heterocycles. The molecule has 2 heterocycles. The molecule has 0 aromatic carbocycles. The quantitative estimate of drug-likeness (QED) is 0.666. The third-order valence-electron chi connectivity index (χ3n) is 3.84. The fourth-order valence-corrected chi connectivity index (χ4v) is 2.83. The summed E-state index contributed by atoms with van der Waals surface area (Å²) in [6.45, 7) is 5.35. The maximum absolute atomic E-state index is 2.69. The number of likely N-dealkylation sites (N-methyl/N-ethyl adjacent to an activating group) is 1. The highest BCUT2D eigenvalue weighted by atomic mass is 15.2. The Bertz CT molecular complexity index is 162. The molecule has 0 radical (unpaired) electrons. The van der Waals surface area contributed by atoms with E-state index in [2.05, 4.69) is 16.8 Å². The van der Waals surface area contributed by atoms with E-state index in [1.54, 1.807) is 0 Å². The van der Waals surface area contributed by atoms with Crippen LogP contribution in [0.4, 0.5) is 0 Å². The van der Waals surface area contributed by atoms with Crippen molar-refractivity contribution in [2.24, 2.45) is 0 Å². The van der Waals surface area contributed by atoms with Gasteiger partial charge < -0.3 is 9.80 Å². The summed E-state index contributed by atoms with van der Waals surface area (Å²) in [5.41, 5.74) is 0. The van der Waals surface area contributed by atoms with E-state index in [9.17, 15) is 0 Å². The van der Waals surface area contributed by atoms with Gasteiger partial charge in [0.15, 0.2) is 0 Å². The van der Waals surface area contributed by atoms with Crippen LogP contribution in [0.15, 0.2) is 0 Å². The van der Waals surface area contributed by atoms with E-state index in [0.29, 0.717) is 0 Å². The number of nitrogens with zero attached hydrogens (tertiary/aromatic N) is 2. The van der Waals surface area contributed by atoms with E-state index in [1.807, 2.05) is 0 Å². The van der Waals surface area contributed by atoms with Crippen molar-refractivity contribution in [3.05, 3.63) is 0 Å². The van der Waals surface area contributed by atoms with Gasteiger partial charge in [0, 0.05) is 12.6 Å². The second kappa shape index (κ2) is 5.13. The number of rotatable bonds is 2. The molecule has 2 rings (SSSR count). The number of hydrogen-bond donors (Lipinski definition) is 0. The maximum atomic E-state index is 2.69. The Morgan fingerprint density at radius 1 is 0.929 bits per heavy atom. The van der Waals surface area contributed by atoms with Gasteiger partial charge in [-0.1, -0.05) is 12.8 Å². The molecule has 82 valence electrons. The van der Waals surface area contributed by atoms with Crippen molar-refractivity contribution in [3.63, 3.8) is 0 Å². The first-order valence-corrected chi connectivity index (χ1v) is 6.29. The zero-order valence-corrected chi connectivity index (χ0v) is 9.54. The second-order valence-electron chi connectivity index (χ2n) is 4.99. The van der Waals surface area contributed by atoms with Crippen LogP contribution < -0.4 is 0 Å². The Labute approximate surface area is 88.3 Å². The average molecular weight is 196 g/mol. The molecule has 0 N–H and O–H groups in total. The summed E-state index contributed by atoms with van der Waals surface area (Å²) in [5.74, 6) is 0. The molecular weight excluding hydrogens is 172 g/mol. The van der Waals surface area contributed by atoms with Gasteiger partial charge in [-0.25, -0.2) is 0 Å². The molecule has 0 aliphatic carbocycles. The molecule has 0 unspecified atom stereocenters. The van der Waals surface area contributed by atoms with E-state index in [-0.39, 0.29) is 0 Å². The average Bonchev–Trinajstić information content (AvgIpc) is 2.44. The Morgan fingerprint density at radius 3 is 2.21 bits per heavy atom. The SMILES string of the molecule is CN1CCC[C@@H]1CN1CCCCCC1. The van der Waals surface area contributed by atoms with Gasteiger partial charge in [0.25, 0.3) is 0 Å². The zero-order chi connectivity index (χ0) is 9.80. The lowest BCUT2D eigenvalue weighted by atomic mass is 10.2. The molecule has 2 aliphatic heterocycles. The number of likely N-dealkylation sites (tertiary alicyclic amines) is 2. The van der Waals surface area contributed by atoms with Crippen molar-refractivity contribution in [2.45, 2.75) is 44.6 Å². The minimum atomic E-state index is 0.855. The van der Waals surface area contributed by atoms with Gasteiger partial charge >= 0.3 is 0 Å². The highest BCUT2D eigenvalue weighted by Gasteiger charge is 2.23. The molecule has 2 fully saturated rings. The fourth-order valence-electron chi connectivity index (χ4n) is 2.83. The first-order valence-electron chi connectivity index (χ1n) is 6.29. The van der Waals surface area contributed by atoms with Gasteiger partial charge in [0.05, 0.1) is 0 Å². The molecule has 2 nitrogen and oxygen atoms in total. The Kier molecular flexibility index (Phi) is 3.82. The summed E-state index contributed by atoms with van der Waals surface area (Å²) >= 11 is 0. The van der Waals surface area contributed by atoms with Gasteiger partial charge in [-0.05, 0) is 52.4 Å². The van der Waals surface area contributed by atoms with Gasteiger partial charge in [-0.3, -0.25) is 0 Å². The molecule has 0 amide bonds. The topological polar surface area (TPSA) is 6.48 Å². The Morgan fingerprint density at radius 2 is 1.64 bits per heavy atom. The summed E-state index contributed by atoms with van der Waals surface area (Å²) < 4.78 is 0. The molecular formula is C12H24N2. The second-order valence-corrected chi connectivity index (χ2v) is 4.99. The molecule has 1 atom stereocenters. The summed E-state index contributed by atoms with van der Waals surface area (Å²) in [6, 6.07) is 0.855. The van der Waals surface area contributed by atoms with Gasteiger partial charge in [0.2, 0.25) is 0 Å². The smallest absolute Gasteiger partial charge is 0.0220 e. The standard InChI is InChI=1S/C12H24N2/c1-13-8-6-7-12(13)11-14-9-4-2-3-5-10-14/h12H,2-11H2,1H3/t12-/m1/s1. The van der Waals surface area contributed by atoms with Crippen molar-refractivity contribution in [3.8, 4) is 0 Å². The van der Waals surface area contributed by atoms with Crippen LogP contribution in [0, 0.1) is 0 Å². The molecule has 2 saturated heterocycles. The largest absolute Gasteiger partial charge is 0.302 e. The van der Waals surface area contributed by atoms with Crippen molar-refractivity contribution in [1.29, 1.82) is 0 Å². The maximum Gasteiger partial charge on any atom is 0.0220 e. The molecule has 2 heteroatoms. The van der Waals surface area contributed by atoms with Crippen molar-refractivity contribution < 1.29 is 0 Å². The van der Waals surface area contributed by atoms with E-state index in [1.165, 1.54) is 64.7 Å². The first kappa shape index (κ1) is 10.4. The van der Waals surface area contributed by atoms with Gasteiger partial charge in [-0.15, -0.1) is 0 Å². The Balaban J connectivity index is 1.77. The third-order valence-corrected chi connectivity index (χ3v) is 3.84. The minimum absolute atomic E-state index is 0.855. The van der Waals surface area contributed by atoms with E-state index in [0.717, 1.165) is 6.04 Å². The van der Waals surface area contributed by atoms with Crippen LogP contribution in [-0.2, 0) is 0 Å². The molecule has 0 bridgehead atoms. The molecule has 0 spiro atoms. The summed E-state index contributed by atoms with van der Waals surface area (Å²) in [6.07, 6.45) is 8.60. The van der Waals surface area contributed by atoms with E-state index in [4.69, 9.17) is 0 Å². The number of hydrogen-bond acceptors (Lipinski definition) is 2. The summed E-state index contributed by atoms with van der Waals surface area (Å²) in [5, 5.41) is 0. The van der Waals surface area contributed by atoms with E-state index < -0.39 is 0 Å². The lowest BCUT2D eigenvalue weighted by molar-refractivity contribution is 0.197. The van der Waals surface area contributed by atoms with Crippen LogP contribution >= 0.6 is 0 Å². The molecule has 0 aromatic rings. The third kappa shape index (κ3) is 2.71. The lowest BCUT2D eigenvalue weighted by Crippen LogP contribution is -2.38. The lowest BCUT2D eigenvalue weighted by Gasteiger charge is -2.27. The van der Waals surface area contributed by atoms with Crippen LogP contribution in [-0.4, -0.2) is 49.1 Å².